The van der Waals surface area contributed by atoms with Gasteiger partial charge in [0.15, 0.2) is 0 Å². The van der Waals surface area contributed by atoms with Crippen LogP contribution >= 0.6 is 0 Å². The van der Waals surface area contributed by atoms with Crippen molar-refractivity contribution in [1.29, 1.82) is 0 Å². The number of nitrogens with one attached hydrogen (secondary N) is 1. The van der Waals surface area contributed by atoms with E-state index < -0.39 is 11.4 Å². The van der Waals surface area contributed by atoms with E-state index in [-0.39, 0.29) is 12.5 Å². The molecule has 5 nitrogen and oxygen atoms in total. The Hall–Kier alpha value is -2.30. The highest BCUT2D eigenvalue weighted by Gasteiger charge is 2.50. The predicted molar refractivity (Wildman–Crippen MR) is 73.8 cm³/mol. The van der Waals surface area contributed by atoms with Crippen LogP contribution in [0.1, 0.15) is 23.2 Å². The molecule has 0 radical (unpaired) electrons. The van der Waals surface area contributed by atoms with Crippen LogP contribution in [-0.2, 0) is 4.79 Å². The van der Waals surface area contributed by atoms with Gasteiger partial charge < -0.3 is 15.2 Å². The molecule has 0 aromatic heterocycles. The molecule has 1 fully saturated rings. The smallest absolute Gasteiger partial charge is 0.311 e. The number of hydrogen-bond donors (Lipinski definition) is 2. The minimum Gasteiger partial charge on any atom is -0.489 e. The zero-order chi connectivity index (χ0) is 14.6. The number of carboxylic acid groups (broad SMARTS) is 1. The summed E-state index contributed by atoms with van der Waals surface area (Å²) < 4.78 is 5.41. The van der Waals surface area contributed by atoms with Gasteiger partial charge in [0.1, 0.15) is 12.4 Å². The van der Waals surface area contributed by atoms with Crippen LogP contribution in [0.4, 0.5) is 0 Å². The van der Waals surface area contributed by atoms with Crippen molar-refractivity contribution in [2.45, 2.75) is 12.8 Å². The predicted octanol–water partition coefficient (Wildman–Crippen LogP) is 1.85. The molecule has 0 atom stereocenters. The summed E-state index contributed by atoms with van der Waals surface area (Å²) >= 11 is 0. The Morgan fingerprint density at radius 3 is 2.70 bits per heavy atom. The van der Waals surface area contributed by atoms with Gasteiger partial charge in [0.05, 0.1) is 11.0 Å². The number of hydrogen-bond acceptors (Lipinski definition) is 3. The van der Waals surface area contributed by atoms with Crippen molar-refractivity contribution < 1.29 is 19.4 Å². The molecule has 0 aliphatic heterocycles. The standard InChI is InChI=1S/C15H17NO4/c1-2-9-20-12-6-4-3-5-11(12)13(17)16-10-15(7-8-15)14(18)19/h2-6H,1,7-10H2,(H,16,17)(H,18,19). The number of carbonyl (C=O) groups is 2. The Kier molecular flexibility index (Phi) is 4.08. The fraction of sp³-hybridized carbons (Fsp3) is 0.333. The molecule has 0 unspecified atom stereocenters. The summed E-state index contributed by atoms with van der Waals surface area (Å²) in [5, 5.41) is 11.7. The fourth-order valence-corrected chi connectivity index (χ4v) is 1.89. The van der Waals surface area contributed by atoms with Crippen LogP contribution in [0.15, 0.2) is 36.9 Å². The van der Waals surface area contributed by atoms with Crippen molar-refractivity contribution >= 4 is 11.9 Å². The number of ether oxygens (including phenoxy) is 1. The van der Waals surface area contributed by atoms with Crippen molar-refractivity contribution in [2.24, 2.45) is 5.41 Å². The summed E-state index contributed by atoms with van der Waals surface area (Å²) in [5.41, 5.74) is -0.373. The van der Waals surface area contributed by atoms with E-state index in [0.29, 0.717) is 30.8 Å². The molecule has 106 valence electrons. The molecule has 0 bridgehead atoms. The van der Waals surface area contributed by atoms with Crippen LogP contribution in [0.25, 0.3) is 0 Å². The molecule has 1 aliphatic rings. The lowest BCUT2D eigenvalue weighted by Gasteiger charge is -2.13. The molecule has 2 N–H and O–H groups in total. The molecule has 1 aromatic rings. The number of aliphatic carboxylic acids is 1. The Labute approximate surface area is 117 Å². The topological polar surface area (TPSA) is 75.6 Å². The van der Waals surface area contributed by atoms with Gasteiger partial charge >= 0.3 is 5.97 Å². The van der Waals surface area contributed by atoms with Crippen LogP contribution < -0.4 is 10.1 Å². The fourth-order valence-electron chi connectivity index (χ4n) is 1.89. The van der Waals surface area contributed by atoms with Crippen LogP contribution in [0.2, 0.25) is 0 Å². The van der Waals surface area contributed by atoms with Gasteiger partial charge in [-0.3, -0.25) is 9.59 Å². The van der Waals surface area contributed by atoms with Crippen molar-refractivity contribution in [2.75, 3.05) is 13.2 Å². The molecule has 5 heteroatoms. The number of rotatable bonds is 7. The summed E-state index contributed by atoms with van der Waals surface area (Å²) in [6.07, 6.45) is 2.81. The van der Waals surface area contributed by atoms with Crippen LogP contribution in [0.5, 0.6) is 5.75 Å². The third-order valence-corrected chi connectivity index (χ3v) is 3.38. The third kappa shape index (κ3) is 2.99. The molecule has 1 aliphatic carbocycles. The summed E-state index contributed by atoms with van der Waals surface area (Å²) in [4.78, 5) is 23.2. The molecule has 0 saturated heterocycles. The maximum atomic E-state index is 12.1. The Morgan fingerprint density at radius 1 is 1.40 bits per heavy atom. The van der Waals surface area contributed by atoms with Gasteiger partial charge in [0.2, 0.25) is 0 Å². The van der Waals surface area contributed by atoms with E-state index in [2.05, 4.69) is 11.9 Å². The van der Waals surface area contributed by atoms with Crippen LogP contribution in [0.3, 0.4) is 0 Å². The minimum absolute atomic E-state index is 0.150. The van der Waals surface area contributed by atoms with Crippen molar-refractivity contribution in [3.05, 3.63) is 42.5 Å². The van der Waals surface area contributed by atoms with E-state index in [9.17, 15) is 9.59 Å². The van der Waals surface area contributed by atoms with E-state index in [1.807, 2.05) is 0 Å². The number of carbonyl (C=O) groups excluding carboxylic acids is 1. The second-order valence-corrected chi connectivity index (χ2v) is 4.86. The van der Waals surface area contributed by atoms with Gasteiger partial charge in [-0.1, -0.05) is 24.8 Å². The van der Waals surface area contributed by atoms with Crippen molar-refractivity contribution in [1.82, 2.24) is 5.32 Å². The second kappa shape index (κ2) is 5.77. The van der Waals surface area contributed by atoms with Gasteiger partial charge in [-0.2, -0.15) is 0 Å². The van der Waals surface area contributed by atoms with Gasteiger partial charge in [0, 0.05) is 6.54 Å². The Bertz CT molecular complexity index is 534. The normalized spacial score (nSPS) is 15.2. The minimum atomic E-state index is -0.853. The van der Waals surface area contributed by atoms with Gasteiger partial charge in [-0.15, -0.1) is 0 Å². The van der Waals surface area contributed by atoms with E-state index >= 15 is 0 Å². The molecular weight excluding hydrogens is 258 g/mol. The molecule has 1 aromatic carbocycles. The number of carboxylic acids is 1. The van der Waals surface area contributed by atoms with E-state index in [4.69, 9.17) is 9.84 Å². The first-order valence-corrected chi connectivity index (χ1v) is 6.43. The molecular formula is C15H17NO4. The summed E-state index contributed by atoms with van der Waals surface area (Å²) in [6, 6.07) is 6.85. The average Bonchev–Trinajstić information content (AvgIpc) is 3.24. The van der Waals surface area contributed by atoms with Crippen molar-refractivity contribution in [3.63, 3.8) is 0 Å². The first-order valence-electron chi connectivity index (χ1n) is 6.43. The summed E-state index contributed by atoms with van der Waals surface area (Å²) in [5.74, 6) is -0.712. The van der Waals surface area contributed by atoms with Gasteiger partial charge in [-0.05, 0) is 25.0 Å². The van der Waals surface area contributed by atoms with Gasteiger partial charge in [0.25, 0.3) is 5.91 Å². The van der Waals surface area contributed by atoms with Crippen molar-refractivity contribution in [3.8, 4) is 5.75 Å². The maximum absolute atomic E-state index is 12.1. The lowest BCUT2D eigenvalue weighted by Crippen LogP contribution is -2.34. The van der Waals surface area contributed by atoms with E-state index in [1.54, 1.807) is 30.3 Å². The zero-order valence-electron chi connectivity index (χ0n) is 11.1. The Morgan fingerprint density at radius 2 is 2.10 bits per heavy atom. The first kappa shape index (κ1) is 14.1. The van der Waals surface area contributed by atoms with E-state index in [0.717, 1.165) is 0 Å². The highest BCUT2D eigenvalue weighted by molar-refractivity contribution is 5.97. The summed E-state index contributed by atoms with van der Waals surface area (Å²) in [6.45, 7) is 4.01. The molecule has 2 rings (SSSR count). The number of amides is 1. The lowest BCUT2D eigenvalue weighted by atomic mass is 10.1. The highest BCUT2D eigenvalue weighted by atomic mass is 16.5. The Balaban J connectivity index is 2.02. The molecule has 1 saturated carbocycles. The maximum Gasteiger partial charge on any atom is 0.311 e. The van der Waals surface area contributed by atoms with Crippen LogP contribution in [0, 0.1) is 5.41 Å². The zero-order valence-corrected chi connectivity index (χ0v) is 11.1. The largest absolute Gasteiger partial charge is 0.489 e. The van der Waals surface area contributed by atoms with E-state index in [1.165, 1.54) is 0 Å². The molecule has 0 spiro atoms. The lowest BCUT2D eigenvalue weighted by molar-refractivity contribution is -0.143. The third-order valence-electron chi connectivity index (χ3n) is 3.38. The second-order valence-electron chi connectivity index (χ2n) is 4.86. The monoisotopic (exact) mass is 275 g/mol. The molecule has 20 heavy (non-hydrogen) atoms. The summed E-state index contributed by atoms with van der Waals surface area (Å²) in [7, 11) is 0. The number of benzene rings is 1. The number of para-hydroxylation sites is 1. The highest BCUT2D eigenvalue weighted by Crippen LogP contribution is 2.45. The molecule has 1 amide bonds. The average molecular weight is 275 g/mol. The first-order chi connectivity index (χ1) is 9.59. The quantitative estimate of drug-likeness (QED) is 0.745. The SMILES string of the molecule is C=CCOc1ccccc1C(=O)NCC1(C(=O)O)CC1. The van der Waals surface area contributed by atoms with Gasteiger partial charge in [-0.25, -0.2) is 0 Å². The van der Waals surface area contributed by atoms with Crippen LogP contribution in [-0.4, -0.2) is 30.1 Å². The molecule has 0 heterocycles.